The predicted molar refractivity (Wildman–Crippen MR) is 48.2 cm³/mol. The highest BCUT2D eigenvalue weighted by Crippen LogP contribution is 2.29. The van der Waals surface area contributed by atoms with Crippen LogP contribution < -0.4 is 0 Å². The lowest BCUT2D eigenvalue weighted by atomic mass is 10.2. The minimum absolute atomic E-state index is 0.292. The molecule has 0 aromatic carbocycles. The highest BCUT2D eigenvalue weighted by molar-refractivity contribution is 9.09. The van der Waals surface area contributed by atoms with Gasteiger partial charge in [0, 0.05) is 0 Å². The molecule has 0 saturated carbocycles. The van der Waals surface area contributed by atoms with Gasteiger partial charge in [0.2, 0.25) is 0 Å². The van der Waals surface area contributed by atoms with Crippen molar-refractivity contribution in [2.24, 2.45) is 5.92 Å². The first-order chi connectivity index (χ1) is 5.07. The Kier molecular flexibility index (Phi) is 6.34. The lowest BCUT2D eigenvalue weighted by Gasteiger charge is -1.97. The van der Waals surface area contributed by atoms with Gasteiger partial charge in [-0.25, -0.2) is 0 Å². The number of alkyl halides is 1. The van der Waals surface area contributed by atoms with Gasteiger partial charge >= 0.3 is 8.03 Å². The maximum atomic E-state index is 10.9. The highest BCUT2D eigenvalue weighted by atomic mass is 79.9. The molecule has 11 heavy (non-hydrogen) atoms. The van der Waals surface area contributed by atoms with Crippen molar-refractivity contribution >= 4 is 24.0 Å². The number of hydrogen-bond acceptors (Lipinski definition) is 3. The third kappa shape index (κ3) is 5.74. The monoisotopic (exact) mass is 243 g/mol. The van der Waals surface area contributed by atoms with Crippen LogP contribution in [0.1, 0.15) is 13.8 Å². The largest absolute Gasteiger partial charge is 0.541 e. The summed E-state index contributed by atoms with van der Waals surface area (Å²) in [6.45, 7) is 4.35. The van der Waals surface area contributed by atoms with Gasteiger partial charge in [0.05, 0.1) is 5.33 Å². The smallest absolute Gasteiger partial charge is 0.348 e. The van der Waals surface area contributed by atoms with E-state index in [1.54, 1.807) is 0 Å². The molecule has 0 fully saturated rings. The van der Waals surface area contributed by atoms with E-state index < -0.39 is 13.9 Å². The van der Waals surface area contributed by atoms with Crippen molar-refractivity contribution in [1.82, 2.24) is 0 Å². The normalized spacial score (nSPS) is 15.2. The van der Waals surface area contributed by atoms with Crippen molar-refractivity contribution < 1.29 is 14.2 Å². The molecule has 0 rings (SSSR count). The number of aliphatic hydroxyl groups is 1. The molecule has 0 heterocycles. The minimum atomic E-state index is -1.92. The molecule has 0 aromatic rings. The number of rotatable bonds is 5. The molecular weight excluding hydrogens is 231 g/mol. The van der Waals surface area contributed by atoms with Crippen molar-refractivity contribution in [2.45, 2.75) is 19.7 Å². The van der Waals surface area contributed by atoms with Gasteiger partial charge in [0.25, 0.3) is 5.85 Å². The van der Waals surface area contributed by atoms with Gasteiger partial charge in [-0.2, -0.15) is 0 Å². The number of hydrogen-bond donors (Lipinski definition) is 1. The zero-order valence-corrected chi connectivity index (χ0v) is 9.14. The Hall–Kier alpha value is 0.500. The third-order valence-corrected chi connectivity index (χ3v) is 3.10. The van der Waals surface area contributed by atoms with E-state index >= 15 is 0 Å². The molecule has 0 aliphatic rings. The maximum absolute atomic E-state index is 10.9. The van der Waals surface area contributed by atoms with Crippen molar-refractivity contribution in [2.75, 3.05) is 11.9 Å². The summed E-state index contributed by atoms with van der Waals surface area (Å²) in [5, 5.41) is 9.28. The predicted octanol–water partition coefficient (Wildman–Crippen LogP) is 2.11. The molecule has 0 spiro atoms. The summed E-state index contributed by atoms with van der Waals surface area (Å²) in [5.74, 6) is -0.541. The zero-order chi connectivity index (χ0) is 8.85. The van der Waals surface area contributed by atoms with Gasteiger partial charge in [0.1, 0.15) is 6.61 Å². The molecule has 3 nitrogen and oxygen atoms in total. The fourth-order valence-electron chi connectivity index (χ4n) is 0.365. The van der Waals surface area contributed by atoms with Crippen LogP contribution in [0.2, 0.25) is 0 Å². The summed E-state index contributed by atoms with van der Waals surface area (Å²) in [6.07, 6.45) is 0. The Morgan fingerprint density at radius 2 is 2.18 bits per heavy atom. The van der Waals surface area contributed by atoms with Crippen LogP contribution >= 0.6 is 24.0 Å². The first-order valence-electron chi connectivity index (χ1n) is 3.41. The van der Waals surface area contributed by atoms with Crippen LogP contribution in [0.4, 0.5) is 0 Å². The molecule has 2 unspecified atom stereocenters. The quantitative estimate of drug-likeness (QED) is 0.595. The lowest BCUT2D eigenvalue weighted by Crippen LogP contribution is -2.05. The SMILES string of the molecule is CC(C)CO[P+](=O)C(O)CBr. The maximum Gasteiger partial charge on any atom is 0.541 e. The molecule has 1 N–H and O–H groups in total. The summed E-state index contributed by atoms with van der Waals surface area (Å²) in [5.41, 5.74) is 0. The molecule has 0 bridgehead atoms. The van der Waals surface area contributed by atoms with Gasteiger partial charge in [-0.05, 0) is 10.5 Å². The summed E-state index contributed by atoms with van der Waals surface area (Å²) >= 11 is 3.01. The summed E-state index contributed by atoms with van der Waals surface area (Å²) < 4.78 is 15.8. The minimum Gasteiger partial charge on any atom is -0.348 e. The lowest BCUT2D eigenvalue weighted by molar-refractivity contribution is 0.222. The summed E-state index contributed by atoms with van der Waals surface area (Å²) in [7, 11) is -1.92. The van der Waals surface area contributed by atoms with Crippen LogP contribution in [0.5, 0.6) is 0 Å². The topological polar surface area (TPSA) is 46.5 Å². The molecule has 0 aliphatic carbocycles. The molecule has 0 amide bonds. The van der Waals surface area contributed by atoms with Gasteiger partial charge < -0.3 is 5.11 Å². The Balaban J connectivity index is 3.52. The summed E-state index contributed by atoms with van der Waals surface area (Å²) in [4.78, 5) is 0. The molecule has 0 aliphatic heterocycles. The zero-order valence-electron chi connectivity index (χ0n) is 6.66. The Morgan fingerprint density at radius 3 is 2.55 bits per heavy atom. The van der Waals surface area contributed by atoms with Crippen molar-refractivity contribution in [1.29, 1.82) is 0 Å². The highest BCUT2D eigenvalue weighted by Gasteiger charge is 2.29. The Bertz CT molecular complexity index is 129. The van der Waals surface area contributed by atoms with Crippen LogP contribution in [0.15, 0.2) is 0 Å². The van der Waals surface area contributed by atoms with E-state index in [1.165, 1.54) is 0 Å². The van der Waals surface area contributed by atoms with E-state index in [-0.39, 0.29) is 0 Å². The van der Waals surface area contributed by atoms with Gasteiger partial charge in [0.15, 0.2) is 0 Å². The average molecular weight is 244 g/mol. The van der Waals surface area contributed by atoms with E-state index in [9.17, 15) is 4.57 Å². The second kappa shape index (κ2) is 6.06. The van der Waals surface area contributed by atoms with Crippen molar-refractivity contribution in [3.05, 3.63) is 0 Å². The first kappa shape index (κ1) is 11.5. The van der Waals surface area contributed by atoms with E-state index in [1.807, 2.05) is 13.8 Å². The second-order valence-electron chi connectivity index (χ2n) is 2.61. The fourth-order valence-corrected chi connectivity index (χ4v) is 1.80. The molecule has 0 aromatic heterocycles. The molecule has 2 atom stereocenters. The third-order valence-electron chi connectivity index (χ3n) is 0.916. The standard InChI is InChI=1S/C6H13BrO3P/c1-5(2)4-10-11(9)6(8)3-7/h5-6,8H,3-4H2,1-2H3/q+1. The van der Waals surface area contributed by atoms with Crippen molar-refractivity contribution in [3.8, 4) is 0 Å². The fraction of sp³-hybridized carbons (Fsp3) is 1.00. The molecule has 0 saturated heterocycles. The molecule has 0 radical (unpaired) electrons. The Labute approximate surface area is 76.1 Å². The first-order valence-corrected chi connectivity index (χ1v) is 5.78. The number of halogens is 1. The van der Waals surface area contributed by atoms with Gasteiger partial charge in [-0.15, -0.1) is 4.52 Å². The average Bonchev–Trinajstić information content (AvgIpc) is 1.98. The van der Waals surface area contributed by atoms with E-state index in [0.717, 1.165) is 0 Å². The molecule has 66 valence electrons. The second-order valence-corrected chi connectivity index (χ2v) is 4.68. The Morgan fingerprint density at radius 1 is 1.64 bits per heavy atom. The van der Waals surface area contributed by atoms with Crippen LogP contribution in [-0.2, 0) is 9.09 Å². The van der Waals surface area contributed by atoms with Crippen LogP contribution in [0, 0.1) is 5.92 Å². The number of aliphatic hydroxyl groups excluding tert-OH is 1. The van der Waals surface area contributed by atoms with Crippen molar-refractivity contribution in [3.63, 3.8) is 0 Å². The van der Waals surface area contributed by atoms with E-state index in [0.29, 0.717) is 17.9 Å². The molecule has 5 heteroatoms. The van der Waals surface area contributed by atoms with Crippen LogP contribution in [0.25, 0.3) is 0 Å². The van der Waals surface area contributed by atoms with E-state index in [4.69, 9.17) is 9.63 Å². The van der Waals surface area contributed by atoms with Gasteiger partial charge in [-0.3, -0.25) is 0 Å². The van der Waals surface area contributed by atoms with E-state index in [2.05, 4.69) is 15.9 Å². The van der Waals surface area contributed by atoms with Gasteiger partial charge in [-0.1, -0.05) is 29.8 Å². The van der Waals surface area contributed by atoms with Crippen LogP contribution in [0.3, 0.4) is 0 Å². The van der Waals surface area contributed by atoms with Crippen LogP contribution in [-0.4, -0.2) is 22.9 Å². The summed E-state index contributed by atoms with van der Waals surface area (Å²) in [6, 6.07) is 0. The molecular formula is C6H13BrO3P+.